The first kappa shape index (κ1) is 21.1. The number of ether oxygens (including phenoxy) is 1. The molecule has 2 aromatic carbocycles. The second-order valence-corrected chi connectivity index (χ2v) is 7.41. The van der Waals surface area contributed by atoms with Crippen LogP contribution in [0.5, 0.6) is 5.75 Å². The summed E-state index contributed by atoms with van der Waals surface area (Å²) in [6, 6.07) is 11.9. The van der Waals surface area contributed by atoms with Crippen LogP contribution in [-0.2, 0) is 11.3 Å². The van der Waals surface area contributed by atoms with Gasteiger partial charge in [0.25, 0.3) is 5.56 Å². The first-order chi connectivity index (χ1) is 14.0. The fourth-order valence-electron chi connectivity index (χ4n) is 2.92. The van der Waals surface area contributed by atoms with Gasteiger partial charge in [-0.3, -0.25) is 9.59 Å². The number of halogens is 2. The zero-order valence-electron chi connectivity index (χ0n) is 16.0. The summed E-state index contributed by atoms with van der Waals surface area (Å²) >= 11 is 11.9. The van der Waals surface area contributed by atoms with Crippen molar-refractivity contribution in [2.75, 3.05) is 13.2 Å². The van der Waals surface area contributed by atoms with Crippen LogP contribution in [0.3, 0.4) is 0 Å². The van der Waals surface area contributed by atoms with Crippen molar-refractivity contribution in [1.82, 2.24) is 14.9 Å². The molecule has 8 heteroatoms. The van der Waals surface area contributed by atoms with Gasteiger partial charge in [-0.05, 0) is 48.9 Å². The van der Waals surface area contributed by atoms with Crippen LogP contribution in [0, 0.1) is 0 Å². The minimum absolute atomic E-state index is 0.0744. The first-order valence-corrected chi connectivity index (χ1v) is 10.1. The molecule has 0 spiro atoms. The lowest BCUT2D eigenvalue weighted by atomic mass is 10.2. The van der Waals surface area contributed by atoms with Crippen LogP contribution in [0.2, 0.25) is 10.0 Å². The van der Waals surface area contributed by atoms with Gasteiger partial charge < -0.3 is 14.6 Å². The van der Waals surface area contributed by atoms with Gasteiger partial charge in [0.1, 0.15) is 11.6 Å². The molecular formula is C21H21Cl2N3O3. The molecule has 0 radical (unpaired) electrons. The number of carbonyl (C=O) groups is 1. The normalized spacial score (nSPS) is 10.9. The predicted octanol–water partition coefficient (Wildman–Crippen LogP) is 4.44. The molecule has 0 saturated heterocycles. The van der Waals surface area contributed by atoms with Crippen LogP contribution in [0.15, 0.2) is 47.3 Å². The Bertz CT molecular complexity index is 1050. The monoisotopic (exact) mass is 433 g/mol. The summed E-state index contributed by atoms with van der Waals surface area (Å²) in [5.74, 6) is 1.00. The highest BCUT2D eigenvalue weighted by atomic mass is 35.5. The molecule has 0 atom stereocenters. The Balaban J connectivity index is 1.67. The van der Waals surface area contributed by atoms with E-state index in [0.717, 1.165) is 6.42 Å². The summed E-state index contributed by atoms with van der Waals surface area (Å²) in [6.45, 7) is 3.00. The summed E-state index contributed by atoms with van der Waals surface area (Å²) in [4.78, 5) is 33.8. The minimum Gasteiger partial charge on any atom is -0.493 e. The molecule has 3 aromatic rings. The maximum Gasteiger partial charge on any atom is 0.258 e. The maximum absolute atomic E-state index is 12.7. The van der Waals surface area contributed by atoms with E-state index in [1.165, 1.54) is 0 Å². The van der Waals surface area contributed by atoms with Gasteiger partial charge in [0.2, 0.25) is 5.91 Å². The van der Waals surface area contributed by atoms with E-state index in [-0.39, 0.29) is 31.0 Å². The highest BCUT2D eigenvalue weighted by Gasteiger charge is 2.15. The van der Waals surface area contributed by atoms with Crippen molar-refractivity contribution < 1.29 is 9.53 Å². The summed E-state index contributed by atoms with van der Waals surface area (Å²) < 4.78 is 5.61. The Morgan fingerprint density at radius 2 is 1.86 bits per heavy atom. The van der Waals surface area contributed by atoms with E-state index >= 15 is 0 Å². The lowest BCUT2D eigenvalue weighted by Crippen LogP contribution is -2.33. The highest BCUT2D eigenvalue weighted by molar-refractivity contribution is 6.31. The number of benzene rings is 2. The Labute approximate surface area is 178 Å². The fraction of sp³-hybridized carbons (Fsp3) is 0.286. The van der Waals surface area contributed by atoms with Crippen molar-refractivity contribution in [2.45, 2.75) is 26.3 Å². The average Bonchev–Trinajstić information content (AvgIpc) is 2.68. The Morgan fingerprint density at radius 1 is 1.14 bits per heavy atom. The number of aromatic nitrogens is 2. The van der Waals surface area contributed by atoms with Crippen molar-refractivity contribution in [1.29, 1.82) is 0 Å². The van der Waals surface area contributed by atoms with Gasteiger partial charge >= 0.3 is 0 Å². The van der Waals surface area contributed by atoms with Gasteiger partial charge in [-0.25, -0.2) is 4.98 Å². The molecule has 0 unspecified atom stereocenters. The van der Waals surface area contributed by atoms with E-state index in [1.807, 2.05) is 6.92 Å². The molecule has 0 aliphatic rings. The van der Waals surface area contributed by atoms with Crippen molar-refractivity contribution in [2.24, 2.45) is 0 Å². The molecule has 3 rings (SSSR count). The smallest absolute Gasteiger partial charge is 0.258 e. The molecular weight excluding hydrogens is 413 g/mol. The highest BCUT2D eigenvalue weighted by Crippen LogP contribution is 2.17. The SMILES string of the molecule is CCCN(Cc1nc2cc(Cl)ccc2c(=O)[nH]1)C(=O)CCOc1ccc(Cl)cc1. The third kappa shape index (κ3) is 5.71. The van der Waals surface area contributed by atoms with Gasteiger partial charge in [-0.1, -0.05) is 30.1 Å². The Morgan fingerprint density at radius 3 is 2.59 bits per heavy atom. The molecule has 0 aliphatic heterocycles. The number of aromatic amines is 1. The third-order valence-corrected chi connectivity index (χ3v) is 4.79. The van der Waals surface area contributed by atoms with Crippen molar-refractivity contribution in [3.05, 3.63) is 68.7 Å². The van der Waals surface area contributed by atoms with Crippen LogP contribution in [0.1, 0.15) is 25.6 Å². The minimum atomic E-state index is -0.253. The van der Waals surface area contributed by atoms with Crippen molar-refractivity contribution >= 4 is 40.0 Å². The van der Waals surface area contributed by atoms with E-state index in [2.05, 4.69) is 9.97 Å². The van der Waals surface area contributed by atoms with E-state index in [9.17, 15) is 9.59 Å². The molecule has 0 bridgehead atoms. The number of nitrogens with zero attached hydrogens (tertiary/aromatic N) is 2. The molecule has 152 valence electrons. The predicted molar refractivity (Wildman–Crippen MR) is 115 cm³/mol. The molecule has 1 N–H and O–H groups in total. The zero-order chi connectivity index (χ0) is 20.8. The number of hydrogen-bond donors (Lipinski definition) is 1. The molecule has 1 aromatic heterocycles. The number of fused-ring (bicyclic) bond motifs is 1. The fourth-order valence-corrected chi connectivity index (χ4v) is 3.22. The molecule has 6 nitrogen and oxygen atoms in total. The molecule has 0 aliphatic carbocycles. The average molecular weight is 434 g/mol. The van der Waals surface area contributed by atoms with E-state index in [1.54, 1.807) is 47.4 Å². The standard InChI is InChI=1S/C21H21Cl2N3O3/c1-2-10-26(20(27)9-11-29-16-6-3-14(22)4-7-16)13-19-24-18-12-15(23)5-8-17(18)21(28)25-19/h3-8,12H,2,9-11,13H2,1H3,(H,24,25,28). The lowest BCUT2D eigenvalue weighted by Gasteiger charge is -2.22. The number of nitrogens with one attached hydrogen (secondary N) is 1. The second kappa shape index (κ2) is 9.76. The van der Waals surface area contributed by atoms with Crippen LogP contribution >= 0.6 is 23.2 Å². The van der Waals surface area contributed by atoms with Gasteiger partial charge in [0.05, 0.1) is 30.5 Å². The van der Waals surface area contributed by atoms with Crippen molar-refractivity contribution in [3.63, 3.8) is 0 Å². The van der Waals surface area contributed by atoms with Crippen LogP contribution in [-0.4, -0.2) is 33.9 Å². The molecule has 0 fully saturated rings. The Hall–Kier alpha value is -2.57. The number of carbonyl (C=O) groups excluding carboxylic acids is 1. The van der Waals surface area contributed by atoms with Crippen LogP contribution in [0.4, 0.5) is 0 Å². The van der Waals surface area contributed by atoms with E-state index < -0.39 is 0 Å². The zero-order valence-corrected chi connectivity index (χ0v) is 17.5. The van der Waals surface area contributed by atoms with Gasteiger partial charge in [0, 0.05) is 16.6 Å². The van der Waals surface area contributed by atoms with Crippen LogP contribution < -0.4 is 10.3 Å². The second-order valence-electron chi connectivity index (χ2n) is 6.54. The summed E-state index contributed by atoms with van der Waals surface area (Å²) in [7, 11) is 0. The van der Waals surface area contributed by atoms with Crippen molar-refractivity contribution in [3.8, 4) is 5.75 Å². The summed E-state index contributed by atoms with van der Waals surface area (Å²) in [6.07, 6.45) is 1.000. The largest absolute Gasteiger partial charge is 0.493 e. The molecule has 0 saturated carbocycles. The molecule has 1 heterocycles. The molecule has 1 amide bonds. The summed E-state index contributed by atoms with van der Waals surface area (Å²) in [5.41, 5.74) is 0.253. The number of H-pyrrole nitrogens is 1. The van der Waals surface area contributed by atoms with Gasteiger partial charge in [0.15, 0.2) is 0 Å². The van der Waals surface area contributed by atoms with E-state index in [0.29, 0.717) is 39.1 Å². The topological polar surface area (TPSA) is 75.3 Å². The van der Waals surface area contributed by atoms with Crippen LogP contribution in [0.25, 0.3) is 10.9 Å². The number of amides is 1. The lowest BCUT2D eigenvalue weighted by molar-refractivity contribution is -0.132. The quantitative estimate of drug-likeness (QED) is 0.569. The number of hydrogen-bond acceptors (Lipinski definition) is 4. The Kier molecular flexibility index (Phi) is 7.12. The first-order valence-electron chi connectivity index (χ1n) is 9.31. The third-order valence-electron chi connectivity index (χ3n) is 4.30. The van der Waals surface area contributed by atoms with Gasteiger partial charge in [-0.2, -0.15) is 0 Å². The maximum atomic E-state index is 12.7. The molecule has 29 heavy (non-hydrogen) atoms. The van der Waals surface area contributed by atoms with Gasteiger partial charge in [-0.15, -0.1) is 0 Å². The summed E-state index contributed by atoms with van der Waals surface area (Å²) in [5, 5.41) is 1.59. The van der Waals surface area contributed by atoms with E-state index in [4.69, 9.17) is 27.9 Å². The number of rotatable bonds is 8.